The lowest BCUT2D eigenvalue weighted by atomic mass is 9.49. The fourth-order valence-electron chi connectivity index (χ4n) is 8.38. The third kappa shape index (κ3) is 4.81. The number of carbonyl (C=O) groups is 5. The van der Waals surface area contributed by atoms with Gasteiger partial charge in [0, 0.05) is 21.0 Å². The molecule has 3 fully saturated rings. The van der Waals surface area contributed by atoms with Crippen molar-refractivity contribution < 1.29 is 38.6 Å². The van der Waals surface area contributed by atoms with Gasteiger partial charge in [-0.05, 0) is 66.8 Å². The number of nitrogens with one attached hydrogen (secondary N) is 1. The van der Waals surface area contributed by atoms with Crippen LogP contribution in [0.15, 0.2) is 70.7 Å². The second-order valence-electron chi connectivity index (χ2n) is 12.6. The van der Waals surface area contributed by atoms with Crippen LogP contribution in [0.2, 0.25) is 10.0 Å². The topological polar surface area (TPSA) is 169 Å². The average molecular weight is 784 g/mol. The maximum atomic E-state index is 15.3. The van der Waals surface area contributed by atoms with Crippen LogP contribution in [-0.2, 0) is 24.6 Å². The highest BCUT2D eigenvalue weighted by atomic mass is 79.9. The number of hydrogen-bond donors (Lipinski definition) is 3. The molecule has 0 bridgehead atoms. The molecule has 12 nitrogen and oxygen atoms in total. The first-order valence-corrected chi connectivity index (χ1v) is 17.1. The molecule has 4 aliphatic rings. The molecule has 4 N–H and O–H groups in total. The number of likely N-dealkylation sites (tertiary alicyclic amines) is 1. The summed E-state index contributed by atoms with van der Waals surface area (Å²) in [6.45, 7) is 0. The number of anilines is 1. The highest BCUT2D eigenvalue weighted by Crippen LogP contribution is 2.65. The summed E-state index contributed by atoms with van der Waals surface area (Å²) >= 11 is 16.1. The zero-order chi connectivity index (χ0) is 35.8. The van der Waals surface area contributed by atoms with Crippen molar-refractivity contribution in [1.29, 1.82) is 0 Å². The first-order valence-electron chi connectivity index (χ1n) is 15.5. The molecule has 6 atom stereocenters. The largest absolute Gasteiger partial charge is 0.504 e. The highest BCUT2D eigenvalue weighted by Gasteiger charge is 2.71. The number of aromatic hydroxyl groups is 1. The normalized spacial score (nSPS) is 27.1. The van der Waals surface area contributed by atoms with Crippen molar-refractivity contribution in [2.24, 2.45) is 29.4 Å². The third-order valence-electron chi connectivity index (χ3n) is 10.4. The Morgan fingerprint density at radius 2 is 1.70 bits per heavy atom. The van der Waals surface area contributed by atoms with Crippen molar-refractivity contribution in [1.82, 2.24) is 9.91 Å². The second-order valence-corrected chi connectivity index (χ2v) is 14.4. The third-order valence-corrected chi connectivity index (χ3v) is 11.4. The maximum Gasteiger partial charge on any atom is 0.328 e. The quantitative estimate of drug-likeness (QED) is 0.215. The summed E-state index contributed by atoms with van der Waals surface area (Å²) in [6.07, 6.45) is 1.79. The molecule has 6 unspecified atom stereocenters. The Morgan fingerprint density at radius 3 is 2.34 bits per heavy atom. The number of amides is 6. The van der Waals surface area contributed by atoms with E-state index in [1.807, 2.05) is 0 Å². The Kier molecular flexibility index (Phi) is 8.35. The van der Waals surface area contributed by atoms with Gasteiger partial charge in [-0.3, -0.25) is 24.6 Å². The number of rotatable bonds is 6. The van der Waals surface area contributed by atoms with E-state index in [4.69, 9.17) is 38.4 Å². The minimum Gasteiger partial charge on any atom is -0.504 e. The Labute approximate surface area is 304 Å². The Hall–Kier alpha value is -4.59. The standard InChI is InChI=1S/C35H29BrCl2N4O8/c1-49-18-6-3-15(4-7-18)35-23(31(45)42(33(35)47)40-25-10-5-17(37)13-24(25)38)14-21-19(28(35)22-11-16(36)12-26(50-2)29(22)43)8-9-20-27(21)32(46)41(30(20)44)34(39)48/h3-8,10-13,20-21,23,27-28,40,43H,9,14H2,1-2H3,(H2,39,48). The average Bonchev–Trinajstić information content (AvgIpc) is 3.47. The van der Waals surface area contributed by atoms with E-state index < -0.39 is 64.7 Å². The van der Waals surface area contributed by atoms with Gasteiger partial charge in [-0.25, -0.2) is 4.79 Å². The summed E-state index contributed by atoms with van der Waals surface area (Å²) in [6, 6.07) is 13.3. The predicted molar refractivity (Wildman–Crippen MR) is 184 cm³/mol. The van der Waals surface area contributed by atoms with Crippen LogP contribution in [0.25, 0.3) is 0 Å². The van der Waals surface area contributed by atoms with Gasteiger partial charge in [0.05, 0.1) is 48.1 Å². The highest BCUT2D eigenvalue weighted by molar-refractivity contribution is 9.10. The zero-order valence-corrected chi connectivity index (χ0v) is 29.6. The number of allylic oxidation sites excluding steroid dienone is 2. The molecule has 2 aliphatic heterocycles. The van der Waals surface area contributed by atoms with Gasteiger partial charge < -0.3 is 20.3 Å². The lowest BCUT2D eigenvalue weighted by Gasteiger charge is -2.50. The molecule has 258 valence electrons. The Balaban J connectivity index is 1.51. The van der Waals surface area contributed by atoms with E-state index in [9.17, 15) is 24.3 Å². The van der Waals surface area contributed by atoms with Crippen molar-refractivity contribution in [3.63, 3.8) is 0 Å². The van der Waals surface area contributed by atoms with Gasteiger partial charge in [0.25, 0.3) is 11.8 Å². The van der Waals surface area contributed by atoms with Crippen molar-refractivity contribution in [3.05, 3.63) is 91.9 Å². The number of nitrogens with two attached hydrogens (primary N) is 1. The number of primary amides is 1. The molecule has 15 heteroatoms. The van der Waals surface area contributed by atoms with Crippen molar-refractivity contribution in [2.75, 3.05) is 19.6 Å². The molecule has 0 spiro atoms. The molecule has 6 amide bonds. The summed E-state index contributed by atoms with van der Waals surface area (Å²) in [5.41, 5.74) is 8.12. The fraction of sp³-hybridized carbons (Fsp3) is 0.286. The number of nitrogens with zero attached hydrogens (tertiary/aromatic N) is 2. The maximum absolute atomic E-state index is 15.3. The number of benzene rings is 3. The molecule has 2 aliphatic carbocycles. The molecule has 0 radical (unpaired) electrons. The van der Waals surface area contributed by atoms with Gasteiger partial charge >= 0.3 is 6.03 Å². The molecule has 1 saturated carbocycles. The van der Waals surface area contributed by atoms with Crippen molar-refractivity contribution in [2.45, 2.75) is 24.2 Å². The Morgan fingerprint density at radius 1 is 0.980 bits per heavy atom. The molecular weight excluding hydrogens is 755 g/mol. The van der Waals surface area contributed by atoms with Gasteiger partial charge in [0.15, 0.2) is 11.5 Å². The molecule has 50 heavy (non-hydrogen) atoms. The number of phenolic OH excluding ortho intramolecular Hbond substituents is 1. The molecule has 2 saturated heterocycles. The van der Waals surface area contributed by atoms with Crippen LogP contribution in [0.3, 0.4) is 0 Å². The molecular formula is C35H29BrCl2N4O8. The van der Waals surface area contributed by atoms with E-state index in [0.717, 1.165) is 5.01 Å². The summed E-state index contributed by atoms with van der Waals surface area (Å²) in [5, 5.41) is 13.2. The van der Waals surface area contributed by atoms with Crippen LogP contribution in [0.1, 0.15) is 29.9 Å². The second kappa shape index (κ2) is 12.3. The minimum atomic E-state index is -1.72. The summed E-state index contributed by atoms with van der Waals surface area (Å²) in [7, 11) is 2.88. The minimum absolute atomic E-state index is 0.0514. The molecule has 7 rings (SSSR count). The van der Waals surface area contributed by atoms with Crippen LogP contribution < -0.4 is 20.6 Å². The van der Waals surface area contributed by atoms with E-state index >= 15 is 4.79 Å². The van der Waals surface area contributed by atoms with Crippen LogP contribution in [0.5, 0.6) is 17.2 Å². The van der Waals surface area contributed by atoms with E-state index in [-0.39, 0.29) is 40.6 Å². The van der Waals surface area contributed by atoms with Crippen molar-refractivity contribution >= 4 is 74.5 Å². The first kappa shape index (κ1) is 33.9. The number of ether oxygens (including phenoxy) is 2. The van der Waals surface area contributed by atoms with Gasteiger partial charge in [-0.1, -0.05) is 62.9 Å². The number of methoxy groups -OCH3 is 2. The van der Waals surface area contributed by atoms with Gasteiger partial charge in [-0.15, -0.1) is 0 Å². The fourth-order valence-corrected chi connectivity index (χ4v) is 9.28. The summed E-state index contributed by atoms with van der Waals surface area (Å²) in [4.78, 5) is 70.0. The van der Waals surface area contributed by atoms with E-state index in [1.165, 1.54) is 26.4 Å². The predicted octanol–water partition coefficient (Wildman–Crippen LogP) is 5.54. The number of halogens is 3. The van der Waals surface area contributed by atoms with Gasteiger partial charge in [0.1, 0.15) is 5.75 Å². The van der Waals surface area contributed by atoms with Crippen LogP contribution in [0, 0.1) is 23.7 Å². The van der Waals surface area contributed by atoms with Crippen LogP contribution in [-0.4, -0.2) is 58.9 Å². The number of phenols is 1. The van der Waals surface area contributed by atoms with Gasteiger partial charge in [-0.2, -0.15) is 9.91 Å². The first-order chi connectivity index (χ1) is 23.8. The SMILES string of the molecule is COc1ccc(C23C(=O)N(Nc4ccc(Cl)cc4Cl)C(=O)C2CC2C(=CCC4C(=O)N(C(N)=O)C(=O)C42)C3c2cc(Br)cc(OC)c2O)cc1. The smallest absolute Gasteiger partial charge is 0.328 e. The van der Waals surface area contributed by atoms with E-state index in [2.05, 4.69) is 21.4 Å². The van der Waals surface area contributed by atoms with E-state index in [1.54, 1.807) is 48.5 Å². The molecule has 3 aromatic carbocycles. The van der Waals surface area contributed by atoms with Crippen molar-refractivity contribution in [3.8, 4) is 17.2 Å². The summed E-state index contributed by atoms with van der Waals surface area (Å²) < 4.78 is 11.4. The molecule has 2 heterocycles. The van der Waals surface area contributed by atoms with Crippen LogP contribution >= 0.6 is 39.1 Å². The number of imide groups is 4. The van der Waals surface area contributed by atoms with E-state index in [0.29, 0.717) is 31.3 Å². The number of urea groups is 1. The van der Waals surface area contributed by atoms with Gasteiger partial charge in [0.2, 0.25) is 11.8 Å². The molecule has 0 aromatic heterocycles. The Bertz CT molecular complexity index is 2040. The lowest BCUT2D eigenvalue weighted by molar-refractivity contribution is -0.139. The number of carbonyl (C=O) groups excluding carboxylic acids is 5. The number of hydrazine groups is 1. The zero-order valence-electron chi connectivity index (χ0n) is 26.5. The lowest BCUT2D eigenvalue weighted by Crippen LogP contribution is -2.53. The number of hydrogen-bond acceptors (Lipinski definition) is 9. The molecule has 3 aromatic rings. The summed E-state index contributed by atoms with van der Waals surface area (Å²) in [5.74, 6) is -7.43. The number of fused-ring (bicyclic) bond motifs is 4. The monoisotopic (exact) mass is 782 g/mol. The van der Waals surface area contributed by atoms with Crippen LogP contribution in [0.4, 0.5) is 10.5 Å².